The van der Waals surface area contributed by atoms with Gasteiger partial charge in [-0.25, -0.2) is 0 Å². The number of hydrogen-bond acceptors (Lipinski definition) is 6. The van der Waals surface area contributed by atoms with Gasteiger partial charge in [0.05, 0.1) is 6.54 Å². The summed E-state index contributed by atoms with van der Waals surface area (Å²) in [5.41, 5.74) is 6.63. The van der Waals surface area contributed by atoms with Gasteiger partial charge in [0.15, 0.2) is 11.5 Å². The molecular weight excluding hydrogens is 403 g/mol. The number of piperidine rings is 1. The molecular formula is C19H30Cl2N4O3. The van der Waals surface area contributed by atoms with E-state index >= 15 is 0 Å². The molecule has 0 radical (unpaired) electrons. The number of primary amides is 1. The first kappa shape index (κ1) is 23.0. The number of nitrogens with zero attached hydrogens (tertiary/aromatic N) is 3. The minimum Gasteiger partial charge on any atom is -0.454 e. The summed E-state index contributed by atoms with van der Waals surface area (Å²) in [6, 6.07) is 6.78. The molecule has 0 spiro atoms. The Labute approximate surface area is 178 Å². The van der Waals surface area contributed by atoms with E-state index in [1.807, 2.05) is 6.07 Å². The molecule has 1 unspecified atom stereocenters. The van der Waals surface area contributed by atoms with Crippen molar-refractivity contribution in [2.24, 2.45) is 5.73 Å². The number of nitrogens with two attached hydrogens (primary N) is 1. The standard InChI is InChI=1S/C19H28N4O3.2ClH/c20-19(24)13-22-5-1-2-16(12-22)23-8-6-21(7-9-23)11-15-3-4-17-18(10-15)26-14-25-17;;/h3-4,10,16H,1-2,5-9,11-14H2,(H2,20,24);2*1H. The van der Waals surface area contributed by atoms with Gasteiger partial charge >= 0.3 is 0 Å². The molecule has 4 rings (SSSR count). The molecule has 0 bridgehead atoms. The first-order chi connectivity index (χ1) is 12.7. The second-order valence-electron chi connectivity index (χ2n) is 7.50. The molecule has 158 valence electrons. The zero-order chi connectivity index (χ0) is 17.9. The molecule has 0 aromatic heterocycles. The van der Waals surface area contributed by atoms with Crippen LogP contribution in [-0.4, -0.2) is 79.3 Å². The fourth-order valence-corrected chi connectivity index (χ4v) is 4.28. The topological polar surface area (TPSA) is 71.3 Å². The Bertz CT molecular complexity index is 656. The highest BCUT2D eigenvalue weighted by Crippen LogP contribution is 2.33. The summed E-state index contributed by atoms with van der Waals surface area (Å²) in [5.74, 6) is 1.48. The molecule has 28 heavy (non-hydrogen) atoms. The van der Waals surface area contributed by atoms with Crippen LogP contribution in [0.15, 0.2) is 18.2 Å². The van der Waals surface area contributed by atoms with Crippen LogP contribution in [0.2, 0.25) is 0 Å². The number of rotatable bonds is 5. The highest BCUT2D eigenvalue weighted by Gasteiger charge is 2.28. The Morgan fingerprint density at radius 3 is 2.54 bits per heavy atom. The number of fused-ring (bicyclic) bond motifs is 1. The van der Waals surface area contributed by atoms with Gasteiger partial charge in [0, 0.05) is 45.3 Å². The van der Waals surface area contributed by atoms with E-state index < -0.39 is 0 Å². The monoisotopic (exact) mass is 432 g/mol. The van der Waals surface area contributed by atoms with Crippen LogP contribution >= 0.6 is 24.8 Å². The molecule has 2 N–H and O–H groups in total. The van der Waals surface area contributed by atoms with Crippen LogP contribution in [0.1, 0.15) is 18.4 Å². The number of carbonyl (C=O) groups excluding carboxylic acids is 1. The average molecular weight is 433 g/mol. The van der Waals surface area contributed by atoms with Crippen molar-refractivity contribution in [1.82, 2.24) is 14.7 Å². The van der Waals surface area contributed by atoms with Crippen molar-refractivity contribution < 1.29 is 14.3 Å². The summed E-state index contributed by atoms with van der Waals surface area (Å²) in [4.78, 5) is 18.5. The first-order valence-electron chi connectivity index (χ1n) is 9.53. The molecule has 2 fully saturated rings. The molecule has 3 aliphatic heterocycles. The molecule has 0 aliphatic carbocycles. The number of halogens is 2. The van der Waals surface area contributed by atoms with Crippen molar-refractivity contribution in [3.05, 3.63) is 23.8 Å². The third-order valence-corrected chi connectivity index (χ3v) is 5.63. The number of carbonyl (C=O) groups is 1. The minimum atomic E-state index is -0.223. The summed E-state index contributed by atoms with van der Waals surface area (Å²) in [5, 5.41) is 0. The van der Waals surface area contributed by atoms with Crippen molar-refractivity contribution in [3.63, 3.8) is 0 Å². The lowest BCUT2D eigenvalue weighted by Gasteiger charge is -2.43. The lowest BCUT2D eigenvalue weighted by Crippen LogP contribution is -2.55. The van der Waals surface area contributed by atoms with Crippen LogP contribution in [0.4, 0.5) is 0 Å². The van der Waals surface area contributed by atoms with Crippen molar-refractivity contribution in [2.75, 3.05) is 52.6 Å². The van der Waals surface area contributed by atoms with Crippen molar-refractivity contribution in [3.8, 4) is 11.5 Å². The summed E-state index contributed by atoms with van der Waals surface area (Å²) >= 11 is 0. The van der Waals surface area contributed by atoms with E-state index in [-0.39, 0.29) is 30.7 Å². The summed E-state index contributed by atoms with van der Waals surface area (Å²) in [7, 11) is 0. The quantitative estimate of drug-likeness (QED) is 0.756. The summed E-state index contributed by atoms with van der Waals surface area (Å²) in [6.07, 6.45) is 2.37. The number of likely N-dealkylation sites (tertiary alicyclic amines) is 1. The second kappa shape index (κ2) is 10.5. The zero-order valence-electron chi connectivity index (χ0n) is 16.0. The maximum Gasteiger partial charge on any atom is 0.231 e. The van der Waals surface area contributed by atoms with E-state index in [0.29, 0.717) is 19.4 Å². The molecule has 2 saturated heterocycles. The van der Waals surface area contributed by atoms with Crippen LogP contribution in [0, 0.1) is 0 Å². The number of ether oxygens (including phenoxy) is 2. The number of hydrogen-bond donors (Lipinski definition) is 1. The maximum absolute atomic E-state index is 11.2. The molecule has 9 heteroatoms. The molecule has 0 saturated carbocycles. The van der Waals surface area contributed by atoms with Gasteiger partial charge in [0.1, 0.15) is 0 Å². The molecule has 3 aliphatic rings. The molecule has 3 heterocycles. The lowest BCUT2D eigenvalue weighted by atomic mass is 10.0. The number of amides is 1. The van der Waals surface area contributed by atoms with Crippen molar-refractivity contribution in [1.29, 1.82) is 0 Å². The Morgan fingerprint density at radius 1 is 1.04 bits per heavy atom. The van der Waals surface area contributed by atoms with Gasteiger partial charge < -0.3 is 15.2 Å². The SMILES string of the molecule is Cl.Cl.NC(=O)CN1CCCC(N2CCN(Cc3ccc4c(c3)OCO4)CC2)C1. The Balaban J connectivity index is 0.00000140. The van der Waals surface area contributed by atoms with Gasteiger partial charge in [-0.3, -0.25) is 19.5 Å². The van der Waals surface area contributed by atoms with Crippen LogP contribution in [0.25, 0.3) is 0 Å². The lowest BCUT2D eigenvalue weighted by molar-refractivity contribution is -0.119. The zero-order valence-corrected chi connectivity index (χ0v) is 17.7. The molecule has 1 aromatic carbocycles. The third-order valence-electron chi connectivity index (χ3n) is 5.63. The van der Waals surface area contributed by atoms with Gasteiger partial charge in [-0.1, -0.05) is 6.07 Å². The molecule has 1 aromatic rings. The number of benzene rings is 1. The minimum absolute atomic E-state index is 0. The predicted molar refractivity (Wildman–Crippen MR) is 113 cm³/mol. The molecule has 1 atom stereocenters. The van der Waals surface area contributed by atoms with Crippen LogP contribution < -0.4 is 15.2 Å². The summed E-state index contributed by atoms with van der Waals surface area (Å²) in [6.45, 7) is 7.92. The largest absolute Gasteiger partial charge is 0.454 e. The van der Waals surface area contributed by atoms with Crippen molar-refractivity contribution >= 4 is 30.7 Å². The number of piperazine rings is 1. The fourth-order valence-electron chi connectivity index (χ4n) is 4.28. The van der Waals surface area contributed by atoms with Crippen LogP contribution in [0.3, 0.4) is 0 Å². The predicted octanol–water partition coefficient (Wildman–Crippen LogP) is 1.33. The van der Waals surface area contributed by atoms with Gasteiger partial charge in [0.2, 0.25) is 12.7 Å². The van der Waals surface area contributed by atoms with E-state index in [4.69, 9.17) is 15.2 Å². The molecule has 7 nitrogen and oxygen atoms in total. The second-order valence-corrected chi connectivity index (χ2v) is 7.50. The van der Waals surface area contributed by atoms with Crippen molar-refractivity contribution in [2.45, 2.75) is 25.4 Å². The van der Waals surface area contributed by atoms with E-state index in [9.17, 15) is 4.79 Å². The van der Waals surface area contributed by atoms with Crippen LogP contribution in [-0.2, 0) is 11.3 Å². The third kappa shape index (κ3) is 5.64. The Morgan fingerprint density at radius 2 is 1.79 bits per heavy atom. The first-order valence-corrected chi connectivity index (χ1v) is 9.53. The van der Waals surface area contributed by atoms with E-state index in [1.165, 1.54) is 12.0 Å². The van der Waals surface area contributed by atoms with E-state index in [1.54, 1.807) is 0 Å². The molecule has 1 amide bonds. The highest BCUT2D eigenvalue weighted by atomic mass is 35.5. The smallest absolute Gasteiger partial charge is 0.231 e. The van der Waals surface area contributed by atoms with Gasteiger partial charge in [0.25, 0.3) is 0 Å². The normalized spacial score (nSPS) is 22.9. The maximum atomic E-state index is 11.2. The summed E-state index contributed by atoms with van der Waals surface area (Å²) < 4.78 is 10.9. The average Bonchev–Trinajstić information content (AvgIpc) is 3.10. The highest BCUT2D eigenvalue weighted by molar-refractivity contribution is 5.85. The van der Waals surface area contributed by atoms with Gasteiger partial charge in [-0.05, 0) is 37.1 Å². The van der Waals surface area contributed by atoms with Gasteiger partial charge in [-0.15, -0.1) is 24.8 Å². The van der Waals surface area contributed by atoms with E-state index in [2.05, 4.69) is 26.8 Å². The van der Waals surface area contributed by atoms with Crippen LogP contribution in [0.5, 0.6) is 11.5 Å². The van der Waals surface area contributed by atoms with E-state index in [0.717, 1.165) is 63.7 Å². The Hall–Kier alpha value is -1.25. The Kier molecular flexibility index (Phi) is 8.64. The van der Waals surface area contributed by atoms with Gasteiger partial charge in [-0.2, -0.15) is 0 Å². The fraction of sp³-hybridized carbons (Fsp3) is 0.632.